The number of likely N-dealkylation sites (N-methyl/N-ethyl adjacent to an activating group) is 1. The van der Waals surface area contributed by atoms with Gasteiger partial charge in [0.05, 0.1) is 13.2 Å². The Labute approximate surface area is 191 Å². The molecule has 1 aliphatic carbocycles. The summed E-state index contributed by atoms with van der Waals surface area (Å²) in [6.07, 6.45) is 1.44. The zero-order valence-corrected chi connectivity index (χ0v) is 20.4. The smallest absolute Gasteiger partial charge is 0.247 e. The SMILES string of the molecule is CC(C)C#Cc1ccc2c(c1)O[C@H](CN(C)C(=O)C1CC1)[C@@H](C)CN([C@H](C)CO)S2(=O)=O. The molecule has 7 nitrogen and oxygen atoms in total. The second kappa shape index (κ2) is 9.82. The molecule has 32 heavy (non-hydrogen) atoms. The second-order valence-corrected chi connectivity index (χ2v) is 11.2. The second-order valence-electron chi connectivity index (χ2n) is 9.32. The van der Waals surface area contributed by atoms with Crippen LogP contribution in [0.2, 0.25) is 0 Å². The van der Waals surface area contributed by atoms with E-state index in [2.05, 4.69) is 11.8 Å². The van der Waals surface area contributed by atoms with E-state index in [-0.39, 0.29) is 47.5 Å². The third kappa shape index (κ3) is 5.45. The van der Waals surface area contributed by atoms with Gasteiger partial charge in [-0.25, -0.2) is 8.42 Å². The molecule has 2 aliphatic rings. The highest BCUT2D eigenvalue weighted by molar-refractivity contribution is 7.89. The van der Waals surface area contributed by atoms with Crippen LogP contribution in [0.5, 0.6) is 5.75 Å². The fourth-order valence-electron chi connectivity index (χ4n) is 3.75. The highest BCUT2D eigenvalue weighted by Crippen LogP contribution is 2.35. The maximum Gasteiger partial charge on any atom is 0.247 e. The van der Waals surface area contributed by atoms with Crippen molar-refractivity contribution in [3.05, 3.63) is 23.8 Å². The van der Waals surface area contributed by atoms with Gasteiger partial charge < -0.3 is 14.7 Å². The lowest BCUT2D eigenvalue weighted by molar-refractivity contribution is -0.132. The van der Waals surface area contributed by atoms with Gasteiger partial charge in [-0.15, -0.1) is 0 Å². The largest absolute Gasteiger partial charge is 0.487 e. The maximum atomic E-state index is 13.5. The van der Waals surface area contributed by atoms with E-state index in [1.165, 1.54) is 10.4 Å². The molecule has 0 spiro atoms. The summed E-state index contributed by atoms with van der Waals surface area (Å²) in [6.45, 7) is 7.84. The Hall–Kier alpha value is -2.08. The Balaban J connectivity index is 2.03. The first-order valence-electron chi connectivity index (χ1n) is 11.2. The van der Waals surface area contributed by atoms with E-state index in [1.54, 1.807) is 31.0 Å². The van der Waals surface area contributed by atoms with Gasteiger partial charge in [-0.1, -0.05) is 32.6 Å². The molecule has 3 rings (SSSR count). The van der Waals surface area contributed by atoms with Gasteiger partial charge in [0.1, 0.15) is 16.7 Å². The van der Waals surface area contributed by atoms with Gasteiger partial charge in [0.15, 0.2) is 0 Å². The van der Waals surface area contributed by atoms with Gasteiger partial charge in [0.25, 0.3) is 0 Å². The van der Waals surface area contributed by atoms with Crippen molar-refractivity contribution in [1.82, 2.24) is 9.21 Å². The Kier molecular flexibility index (Phi) is 7.53. The molecule has 0 saturated heterocycles. The highest BCUT2D eigenvalue weighted by atomic mass is 32.2. The predicted octanol–water partition coefficient (Wildman–Crippen LogP) is 2.33. The van der Waals surface area contributed by atoms with E-state index in [0.29, 0.717) is 12.1 Å². The summed E-state index contributed by atoms with van der Waals surface area (Å²) in [5.74, 6) is 6.57. The van der Waals surface area contributed by atoms with Crippen molar-refractivity contribution in [1.29, 1.82) is 0 Å². The average molecular weight is 463 g/mol. The molecule has 1 aromatic carbocycles. The number of rotatable bonds is 5. The van der Waals surface area contributed by atoms with Crippen molar-refractivity contribution in [2.24, 2.45) is 17.8 Å². The fraction of sp³-hybridized carbons (Fsp3) is 0.625. The van der Waals surface area contributed by atoms with Gasteiger partial charge in [0, 0.05) is 43.0 Å². The van der Waals surface area contributed by atoms with Gasteiger partial charge in [-0.3, -0.25) is 4.79 Å². The number of nitrogens with zero attached hydrogens (tertiary/aromatic N) is 2. The number of aliphatic hydroxyl groups excluding tert-OH is 1. The third-order valence-electron chi connectivity index (χ3n) is 5.93. The van der Waals surface area contributed by atoms with Crippen molar-refractivity contribution in [2.45, 2.75) is 57.6 Å². The van der Waals surface area contributed by atoms with E-state index in [0.717, 1.165) is 12.8 Å². The number of benzene rings is 1. The molecule has 3 atom stereocenters. The van der Waals surface area contributed by atoms with Crippen LogP contribution in [0.3, 0.4) is 0 Å². The van der Waals surface area contributed by atoms with Crippen LogP contribution in [0.25, 0.3) is 0 Å². The van der Waals surface area contributed by atoms with Crippen molar-refractivity contribution in [3.8, 4) is 17.6 Å². The number of ether oxygens (including phenoxy) is 1. The normalized spacial score (nSPS) is 23.7. The Bertz CT molecular complexity index is 1010. The summed E-state index contributed by atoms with van der Waals surface area (Å²) in [7, 11) is -2.12. The molecule has 1 N–H and O–H groups in total. The molecule has 0 radical (unpaired) electrons. The first-order valence-corrected chi connectivity index (χ1v) is 12.7. The summed E-state index contributed by atoms with van der Waals surface area (Å²) >= 11 is 0. The number of sulfonamides is 1. The third-order valence-corrected chi connectivity index (χ3v) is 7.95. The molecule has 8 heteroatoms. The van der Waals surface area contributed by atoms with Crippen LogP contribution in [0.4, 0.5) is 0 Å². The number of aliphatic hydroxyl groups is 1. The molecule has 1 fully saturated rings. The standard InChI is InChI=1S/C24H34N2O5S/c1-16(2)6-7-19-8-11-23-21(12-19)31-22(14-25(5)24(28)20-9-10-20)17(3)13-26(18(4)15-27)32(23,29)30/h8,11-12,16-18,20,22,27H,9-10,13-15H2,1-5H3/t17-,18+,22+/m0/s1. The minimum absolute atomic E-state index is 0.0565. The zero-order valence-electron chi connectivity index (χ0n) is 19.5. The Morgan fingerprint density at radius 3 is 2.59 bits per heavy atom. The van der Waals surface area contributed by atoms with Crippen molar-refractivity contribution in [3.63, 3.8) is 0 Å². The minimum Gasteiger partial charge on any atom is -0.487 e. The summed E-state index contributed by atoms with van der Waals surface area (Å²) in [6, 6.07) is 4.29. The van der Waals surface area contributed by atoms with Gasteiger partial charge >= 0.3 is 0 Å². The Morgan fingerprint density at radius 1 is 1.31 bits per heavy atom. The predicted molar refractivity (Wildman–Crippen MR) is 123 cm³/mol. The fourth-order valence-corrected chi connectivity index (χ4v) is 5.58. The number of hydrogen-bond donors (Lipinski definition) is 1. The van der Waals surface area contributed by atoms with Crippen molar-refractivity contribution in [2.75, 3.05) is 26.7 Å². The summed E-state index contributed by atoms with van der Waals surface area (Å²) in [4.78, 5) is 14.3. The highest BCUT2D eigenvalue weighted by Gasteiger charge is 2.39. The van der Waals surface area contributed by atoms with E-state index in [1.807, 2.05) is 20.8 Å². The number of carbonyl (C=O) groups excluding carboxylic acids is 1. The quantitative estimate of drug-likeness (QED) is 0.679. The number of amides is 1. The summed E-state index contributed by atoms with van der Waals surface area (Å²) < 4.78 is 34.6. The molecule has 1 heterocycles. The van der Waals surface area contributed by atoms with E-state index < -0.39 is 22.2 Å². The Morgan fingerprint density at radius 2 is 2.00 bits per heavy atom. The number of fused-ring (bicyclic) bond motifs is 1. The lowest BCUT2D eigenvalue weighted by atomic mass is 10.0. The van der Waals surface area contributed by atoms with Gasteiger partial charge in [-0.05, 0) is 38.0 Å². The summed E-state index contributed by atoms with van der Waals surface area (Å²) in [5.41, 5.74) is 0.670. The average Bonchev–Trinajstić information content (AvgIpc) is 3.58. The molecule has 0 bridgehead atoms. The molecule has 1 aromatic rings. The molecule has 0 aromatic heterocycles. The maximum absolute atomic E-state index is 13.5. The lowest BCUT2D eigenvalue weighted by Crippen LogP contribution is -2.50. The monoisotopic (exact) mass is 462 g/mol. The number of carbonyl (C=O) groups is 1. The van der Waals surface area contributed by atoms with Gasteiger partial charge in [-0.2, -0.15) is 4.31 Å². The molecule has 176 valence electrons. The van der Waals surface area contributed by atoms with E-state index >= 15 is 0 Å². The van der Waals surface area contributed by atoms with Crippen LogP contribution in [0.1, 0.15) is 46.1 Å². The molecule has 0 unspecified atom stereocenters. The number of hydrogen-bond acceptors (Lipinski definition) is 5. The van der Waals surface area contributed by atoms with Crippen LogP contribution in [0.15, 0.2) is 23.1 Å². The van der Waals surface area contributed by atoms with Gasteiger partial charge in [0.2, 0.25) is 15.9 Å². The van der Waals surface area contributed by atoms with Crippen LogP contribution in [-0.2, 0) is 14.8 Å². The first-order chi connectivity index (χ1) is 15.0. The molecular formula is C24H34N2O5S. The van der Waals surface area contributed by atoms with Crippen LogP contribution < -0.4 is 4.74 Å². The lowest BCUT2D eigenvalue weighted by Gasteiger charge is -2.37. The molecular weight excluding hydrogens is 428 g/mol. The zero-order chi connectivity index (χ0) is 23.6. The minimum atomic E-state index is -3.89. The molecule has 1 amide bonds. The first kappa shape index (κ1) is 24.6. The topological polar surface area (TPSA) is 87.2 Å². The van der Waals surface area contributed by atoms with Crippen LogP contribution in [-0.4, -0.2) is 67.5 Å². The summed E-state index contributed by atoms with van der Waals surface area (Å²) in [5, 5.41) is 9.73. The molecule has 1 saturated carbocycles. The van der Waals surface area contributed by atoms with Crippen molar-refractivity contribution >= 4 is 15.9 Å². The van der Waals surface area contributed by atoms with Crippen LogP contribution in [0, 0.1) is 29.6 Å². The van der Waals surface area contributed by atoms with Crippen LogP contribution >= 0.6 is 0 Å². The van der Waals surface area contributed by atoms with E-state index in [4.69, 9.17) is 4.74 Å². The van der Waals surface area contributed by atoms with Crippen molar-refractivity contribution < 1.29 is 23.1 Å². The molecule has 1 aliphatic heterocycles. The van der Waals surface area contributed by atoms with E-state index in [9.17, 15) is 18.3 Å².